The van der Waals surface area contributed by atoms with Crippen molar-refractivity contribution in [2.75, 3.05) is 41.5 Å². The molecule has 0 aliphatic carbocycles. The molecule has 344 valence electrons. The monoisotopic (exact) mass is 848 g/mol. The van der Waals surface area contributed by atoms with E-state index in [9.17, 15) is 29.7 Å². The van der Waals surface area contributed by atoms with Crippen molar-refractivity contribution in [2.24, 2.45) is 23.7 Å². The number of ether oxygens (including phenoxy) is 9. The Morgan fingerprint density at radius 2 is 1.51 bits per heavy atom. The van der Waals surface area contributed by atoms with Crippen molar-refractivity contribution in [2.45, 2.75) is 193 Å². The molecule has 3 fully saturated rings. The minimum atomic E-state index is -1.99. The van der Waals surface area contributed by atoms with Crippen LogP contribution in [0.4, 0.5) is 0 Å². The molecule has 3 N–H and O–H groups in total. The number of Topliss-reactive ketones (excluding diaryl/α,β-unsaturated/α-hetero) is 1. The third-order valence-electron chi connectivity index (χ3n) is 13.3. The van der Waals surface area contributed by atoms with Crippen LogP contribution in [0.25, 0.3) is 0 Å². The van der Waals surface area contributed by atoms with Gasteiger partial charge in [0.25, 0.3) is 0 Å². The van der Waals surface area contributed by atoms with E-state index < -0.39 is 108 Å². The van der Waals surface area contributed by atoms with Crippen LogP contribution in [0.2, 0.25) is 0 Å². The van der Waals surface area contributed by atoms with Crippen molar-refractivity contribution in [1.82, 2.24) is 4.90 Å². The summed E-state index contributed by atoms with van der Waals surface area (Å²) in [5, 5.41) is 32.9. The van der Waals surface area contributed by atoms with Crippen molar-refractivity contribution < 1.29 is 72.3 Å². The summed E-state index contributed by atoms with van der Waals surface area (Å²) < 4.78 is 57.0. The molecule has 3 rings (SSSR count). The summed E-state index contributed by atoms with van der Waals surface area (Å²) in [5.74, 6) is -5.02. The van der Waals surface area contributed by atoms with Crippen LogP contribution >= 0.6 is 0 Å². The number of hydrogen-bond donors (Lipinski definition) is 3. The first-order valence-corrected chi connectivity index (χ1v) is 21.3. The van der Waals surface area contributed by atoms with Gasteiger partial charge in [-0.15, -0.1) is 0 Å². The van der Waals surface area contributed by atoms with Gasteiger partial charge in [0.05, 0.1) is 42.0 Å². The molecule has 0 unspecified atom stereocenters. The zero-order valence-corrected chi connectivity index (χ0v) is 38.3. The predicted molar refractivity (Wildman–Crippen MR) is 216 cm³/mol. The van der Waals surface area contributed by atoms with E-state index in [-0.39, 0.29) is 43.8 Å². The molecule has 0 aromatic heterocycles. The van der Waals surface area contributed by atoms with E-state index in [4.69, 9.17) is 42.6 Å². The molecule has 0 saturated carbocycles. The van der Waals surface area contributed by atoms with Gasteiger partial charge in [-0.1, -0.05) is 27.7 Å². The van der Waals surface area contributed by atoms with Crippen LogP contribution < -0.4 is 0 Å². The SMILES string of the molecule is CC[C@H]1OC(=O)[C@H](C)[C@@H](O[C@H]2C[C@@](C)(OC)[C@@H](OC(C)=O)[C@H](C)O2)[C@H](C)[C@@H](O[C@@H]2O[C@H](C)C[C@H](N(C)CCCO)[C@H]2OC)[C@@](C)(OC)C[C@@H](C)C(=O)[C@H](C)[C@@H](O)[C@]1(C)O. The molecule has 0 aromatic rings. The number of rotatable bonds is 13. The van der Waals surface area contributed by atoms with Gasteiger partial charge < -0.3 is 62.9 Å². The summed E-state index contributed by atoms with van der Waals surface area (Å²) in [6, 6.07) is -0.153. The Bertz CT molecular complexity index is 1370. The average Bonchev–Trinajstić information content (AvgIpc) is 3.18. The number of aliphatic hydroxyl groups is 3. The fourth-order valence-corrected chi connectivity index (χ4v) is 9.63. The fraction of sp³-hybridized carbons (Fsp3) is 0.930. The second kappa shape index (κ2) is 21.5. The maximum atomic E-state index is 14.4. The predicted octanol–water partition coefficient (Wildman–Crippen LogP) is 3.42. The number of nitrogens with zero attached hydrogens (tertiary/aromatic N) is 1. The second-order valence-corrected chi connectivity index (χ2v) is 18.0. The number of ketones is 1. The third kappa shape index (κ3) is 11.8. The summed E-state index contributed by atoms with van der Waals surface area (Å²) in [4.78, 5) is 42.8. The Morgan fingerprint density at radius 1 is 0.898 bits per heavy atom. The Balaban J connectivity index is 2.25. The van der Waals surface area contributed by atoms with Gasteiger partial charge >= 0.3 is 11.9 Å². The van der Waals surface area contributed by atoms with E-state index in [0.29, 0.717) is 19.4 Å². The van der Waals surface area contributed by atoms with E-state index in [1.165, 1.54) is 28.1 Å². The number of carbonyl (C=O) groups excluding carboxylic acids is 3. The molecule has 0 spiro atoms. The number of likely N-dealkylation sites (N-methyl/N-ethyl adjacent to an activating group) is 1. The van der Waals surface area contributed by atoms with E-state index in [2.05, 4.69) is 4.90 Å². The number of aliphatic hydroxyl groups excluding tert-OH is 2. The number of hydrogen-bond acceptors (Lipinski definition) is 16. The van der Waals surface area contributed by atoms with Gasteiger partial charge in [0.15, 0.2) is 18.7 Å². The summed E-state index contributed by atoms with van der Waals surface area (Å²) >= 11 is 0. The quantitative estimate of drug-likeness (QED) is 0.228. The second-order valence-electron chi connectivity index (χ2n) is 18.0. The molecule has 0 aromatic carbocycles. The topological polar surface area (TPSA) is 198 Å². The zero-order chi connectivity index (χ0) is 44.8. The summed E-state index contributed by atoms with van der Waals surface area (Å²) in [5.41, 5.74) is -4.28. The van der Waals surface area contributed by atoms with Gasteiger partial charge in [-0.3, -0.25) is 14.4 Å². The van der Waals surface area contributed by atoms with Crippen molar-refractivity contribution in [3.05, 3.63) is 0 Å². The average molecular weight is 848 g/mol. The smallest absolute Gasteiger partial charge is 0.311 e. The maximum absolute atomic E-state index is 14.4. The largest absolute Gasteiger partial charge is 0.459 e. The minimum Gasteiger partial charge on any atom is -0.459 e. The molecule has 0 amide bonds. The molecular weight excluding hydrogens is 770 g/mol. The first kappa shape index (κ1) is 51.5. The minimum absolute atomic E-state index is 0.0367. The van der Waals surface area contributed by atoms with Crippen LogP contribution in [0.1, 0.15) is 108 Å². The Morgan fingerprint density at radius 3 is 2.05 bits per heavy atom. The molecule has 3 saturated heterocycles. The van der Waals surface area contributed by atoms with Gasteiger partial charge in [0.2, 0.25) is 0 Å². The molecule has 59 heavy (non-hydrogen) atoms. The van der Waals surface area contributed by atoms with Crippen LogP contribution in [0.15, 0.2) is 0 Å². The van der Waals surface area contributed by atoms with E-state index in [0.717, 1.165) is 0 Å². The lowest BCUT2D eigenvalue weighted by molar-refractivity contribution is -0.322. The molecule has 3 aliphatic heterocycles. The van der Waals surface area contributed by atoms with E-state index >= 15 is 0 Å². The first-order valence-electron chi connectivity index (χ1n) is 21.3. The van der Waals surface area contributed by atoms with Gasteiger partial charge in [-0.2, -0.15) is 0 Å². The molecule has 16 heteroatoms. The van der Waals surface area contributed by atoms with Gasteiger partial charge in [-0.05, 0) is 74.3 Å². The van der Waals surface area contributed by atoms with Crippen molar-refractivity contribution >= 4 is 17.7 Å². The van der Waals surface area contributed by atoms with Crippen LogP contribution in [0.3, 0.4) is 0 Å². The van der Waals surface area contributed by atoms with Crippen LogP contribution in [-0.4, -0.2) is 164 Å². The Labute approximate surface area is 352 Å². The first-order chi connectivity index (χ1) is 27.5. The standard InChI is InChI=1S/C43H77NO15/c1-16-31-43(11,50)36(48)25(4)33(47)23(2)21-41(9,52-14)37(59-40-35(51-13)30(20-24(3)54-40)44(12)18-17-19-45)26(5)34(27(6)39(49)57-31)58-32-22-42(10,53-15)38(28(7)55-32)56-29(8)46/h23-28,30-32,34-38,40,45,48,50H,16-22H2,1-15H3/t23-,24-,25+,26+,27-,28+,30+,31-,32+,34+,35-,36-,37-,38+,40+,41+,42-,43-/m1/s1. The normalized spacial score (nSPS) is 44.5. The molecule has 3 aliphatic rings. The highest BCUT2D eigenvalue weighted by Crippen LogP contribution is 2.42. The van der Waals surface area contributed by atoms with E-state index in [1.54, 1.807) is 48.7 Å². The van der Waals surface area contributed by atoms with Crippen molar-refractivity contribution in [1.29, 1.82) is 0 Å². The summed E-state index contributed by atoms with van der Waals surface area (Å²) in [6.45, 7) is 19.3. The van der Waals surface area contributed by atoms with Crippen LogP contribution in [-0.2, 0) is 57.0 Å². The van der Waals surface area contributed by atoms with Crippen molar-refractivity contribution in [3.63, 3.8) is 0 Å². The van der Waals surface area contributed by atoms with Gasteiger partial charge in [0, 0.05) is 71.6 Å². The lowest BCUT2D eigenvalue weighted by Gasteiger charge is -2.50. The summed E-state index contributed by atoms with van der Waals surface area (Å²) in [7, 11) is 6.61. The van der Waals surface area contributed by atoms with Gasteiger partial charge in [0.1, 0.15) is 29.2 Å². The highest BCUT2D eigenvalue weighted by Gasteiger charge is 2.55. The van der Waals surface area contributed by atoms with Crippen molar-refractivity contribution in [3.8, 4) is 0 Å². The molecular formula is C43H77NO15. The molecule has 16 nitrogen and oxygen atoms in total. The highest BCUT2D eigenvalue weighted by molar-refractivity contribution is 5.83. The lowest BCUT2D eigenvalue weighted by Crippen LogP contribution is -2.62. The maximum Gasteiger partial charge on any atom is 0.311 e. The third-order valence-corrected chi connectivity index (χ3v) is 13.3. The molecule has 0 radical (unpaired) electrons. The highest BCUT2D eigenvalue weighted by atomic mass is 16.7. The van der Waals surface area contributed by atoms with Crippen LogP contribution in [0.5, 0.6) is 0 Å². The number of methoxy groups -OCH3 is 3. The van der Waals surface area contributed by atoms with Gasteiger partial charge in [-0.25, -0.2) is 0 Å². The Hall–Kier alpha value is -1.83. The molecule has 0 bridgehead atoms. The number of cyclic esters (lactones) is 1. The lowest BCUT2D eigenvalue weighted by atomic mass is 9.74. The molecule has 18 atom stereocenters. The zero-order valence-electron chi connectivity index (χ0n) is 38.3. The van der Waals surface area contributed by atoms with Crippen LogP contribution in [0, 0.1) is 23.7 Å². The molecule has 3 heterocycles. The Kier molecular flexibility index (Phi) is 18.8. The number of carbonyl (C=O) groups is 3. The summed E-state index contributed by atoms with van der Waals surface area (Å²) in [6.07, 6.45) is -7.39. The fourth-order valence-electron chi connectivity index (χ4n) is 9.63. The number of esters is 2. The van der Waals surface area contributed by atoms with E-state index in [1.807, 2.05) is 27.8 Å².